The van der Waals surface area contributed by atoms with Crippen LogP contribution in [0.15, 0.2) is 49.1 Å². The Hall–Kier alpha value is -3.62. The maximum absolute atomic E-state index is 14.4. The van der Waals surface area contributed by atoms with Crippen molar-refractivity contribution in [3.63, 3.8) is 0 Å². The highest BCUT2D eigenvalue weighted by Crippen LogP contribution is 2.37. The summed E-state index contributed by atoms with van der Waals surface area (Å²) in [5.74, 6) is -0.236. The summed E-state index contributed by atoms with van der Waals surface area (Å²) in [5.41, 5.74) is 1.95. The lowest BCUT2D eigenvalue weighted by molar-refractivity contribution is 0.112. The van der Waals surface area contributed by atoms with Gasteiger partial charge in [0.2, 0.25) is 0 Å². The van der Waals surface area contributed by atoms with Crippen molar-refractivity contribution in [2.45, 2.75) is 18.9 Å². The van der Waals surface area contributed by atoms with E-state index in [4.69, 9.17) is 4.98 Å². The van der Waals surface area contributed by atoms with E-state index < -0.39 is 11.6 Å². The third-order valence-corrected chi connectivity index (χ3v) is 5.19. The van der Waals surface area contributed by atoms with E-state index in [0.717, 1.165) is 24.8 Å². The van der Waals surface area contributed by atoms with Crippen molar-refractivity contribution in [2.24, 2.45) is 0 Å². The molecule has 1 fully saturated rings. The molecule has 1 saturated heterocycles. The number of halogens is 2. The van der Waals surface area contributed by atoms with Gasteiger partial charge in [0.15, 0.2) is 11.9 Å². The molecule has 1 aliphatic rings. The molecule has 4 heterocycles. The largest absolute Gasteiger partial charge is 0.349 e. The van der Waals surface area contributed by atoms with Gasteiger partial charge < -0.3 is 4.90 Å². The Morgan fingerprint density at radius 3 is 2.86 bits per heavy atom. The third kappa shape index (κ3) is 2.95. The normalized spacial score (nSPS) is 16.6. The second kappa shape index (κ2) is 6.77. The predicted octanol–water partition coefficient (Wildman–Crippen LogP) is 3.35. The summed E-state index contributed by atoms with van der Waals surface area (Å²) in [6.45, 7) is 0.685. The molecule has 0 N–H and O–H groups in total. The van der Waals surface area contributed by atoms with Crippen molar-refractivity contribution in [1.29, 1.82) is 0 Å². The number of anilines is 1. The molecule has 1 atom stereocenters. The van der Waals surface area contributed by atoms with E-state index in [1.165, 1.54) is 16.9 Å². The van der Waals surface area contributed by atoms with Crippen LogP contribution in [0.25, 0.3) is 11.3 Å². The lowest BCUT2D eigenvalue weighted by atomic mass is 10.0. The van der Waals surface area contributed by atoms with Crippen LogP contribution in [0.3, 0.4) is 0 Å². The maximum atomic E-state index is 14.4. The first-order valence-corrected chi connectivity index (χ1v) is 9.20. The van der Waals surface area contributed by atoms with Crippen LogP contribution in [-0.2, 0) is 0 Å². The summed E-state index contributed by atoms with van der Waals surface area (Å²) in [5, 5.41) is 8.46. The van der Waals surface area contributed by atoms with E-state index in [0.29, 0.717) is 41.2 Å². The number of carbonyl (C=O) groups excluding carboxylic acids is 1. The van der Waals surface area contributed by atoms with Crippen molar-refractivity contribution < 1.29 is 13.6 Å². The zero-order valence-electron chi connectivity index (χ0n) is 15.2. The molecule has 0 unspecified atom stereocenters. The molecule has 0 amide bonds. The predicted molar refractivity (Wildman–Crippen MR) is 101 cm³/mol. The molecule has 146 valence electrons. The van der Waals surface area contributed by atoms with Crippen LogP contribution >= 0.6 is 0 Å². The molecule has 0 saturated carbocycles. The smallest absolute Gasteiger partial charge is 0.183 e. The minimum atomic E-state index is -0.459. The molecule has 1 aromatic carbocycles. The first-order valence-electron chi connectivity index (χ1n) is 9.20. The molecule has 29 heavy (non-hydrogen) atoms. The highest BCUT2D eigenvalue weighted by atomic mass is 19.1. The van der Waals surface area contributed by atoms with Crippen molar-refractivity contribution in [3.8, 4) is 5.69 Å². The van der Waals surface area contributed by atoms with E-state index in [1.54, 1.807) is 29.2 Å². The molecule has 5 rings (SSSR count). The van der Waals surface area contributed by atoms with Crippen molar-refractivity contribution in [1.82, 2.24) is 24.4 Å². The van der Waals surface area contributed by atoms with Crippen molar-refractivity contribution in [2.75, 3.05) is 11.4 Å². The topological polar surface area (TPSA) is 68.3 Å². The fourth-order valence-corrected chi connectivity index (χ4v) is 3.83. The summed E-state index contributed by atoms with van der Waals surface area (Å²) in [6, 6.07) is 5.05. The second-order valence-corrected chi connectivity index (χ2v) is 6.94. The molecule has 9 heteroatoms. The molecule has 4 aromatic rings. The Labute approximate surface area is 164 Å². The molecule has 0 aliphatic carbocycles. The van der Waals surface area contributed by atoms with Gasteiger partial charge in [-0.25, -0.2) is 23.0 Å². The van der Waals surface area contributed by atoms with Crippen LogP contribution in [0.4, 0.5) is 14.6 Å². The van der Waals surface area contributed by atoms with Crippen LogP contribution < -0.4 is 4.90 Å². The lowest BCUT2D eigenvalue weighted by Gasteiger charge is -2.26. The Morgan fingerprint density at radius 1 is 1.14 bits per heavy atom. The Balaban J connectivity index is 1.56. The van der Waals surface area contributed by atoms with Crippen LogP contribution in [0.5, 0.6) is 0 Å². The first-order chi connectivity index (χ1) is 14.1. The molecular weight excluding hydrogens is 378 g/mol. The summed E-state index contributed by atoms with van der Waals surface area (Å²) in [4.78, 5) is 17.6. The maximum Gasteiger partial charge on any atom is 0.183 e. The number of carbonyl (C=O) groups is 1. The number of benzene rings is 1. The summed E-state index contributed by atoms with van der Waals surface area (Å²) >= 11 is 0. The average Bonchev–Trinajstić information content (AvgIpc) is 3.47. The molecule has 1 aliphatic heterocycles. The quantitative estimate of drug-likeness (QED) is 0.497. The SMILES string of the molecule is O=Cc1cnn(-c2cnn3ccc(N4CCC[C@@H]4c4cc(F)ccc4F)nc23)c1. The standard InChI is InChI=1S/C20H16F2N6O/c21-14-3-4-16(22)15(8-14)17-2-1-6-26(17)19-5-7-27-20(25-19)18(10-24-27)28-11-13(12-29)9-23-28/h3-5,7-12,17H,1-2,6H2/t17-/m1/s1. The zero-order chi connectivity index (χ0) is 20.0. The summed E-state index contributed by atoms with van der Waals surface area (Å²) in [7, 11) is 0. The number of nitrogens with zero attached hydrogens (tertiary/aromatic N) is 6. The van der Waals surface area contributed by atoms with Crippen LogP contribution in [0.1, 0.15) is 34.8 Å². The van der Waals surface area contributed by atoms with Gasteiger partial charge >= 0.3 is 0 Å². The van der Waals surface area contributed by atoms with E-state index in [1.807, 2.05) is 4.90 Å². The van der Waals surface area contributed by atoms with Crippen molar-refractivity contribution >= 4 is 17.8 Å². The van der Waals surface area contributed by atoms with E-state index in [2.05, 4.69) is 10.2 Å². The highest BCUT2D eigenvalue weighted by Gasteiger charge is 2.30. The number of aromatic nitrogens is 5. The van der Waals surface area contributed by atoms with Gasteiger partial charge in [0.25, 0.3) is 0 Å². The Kier molecular flexibility index (Phi) is 4.08. The molecule has 0 radical (unpaired) electrons. The van der Waals surface area contributed by atoms with Gasteiger partial charge in [-0.15, -0.1) is 0 Å². The number of rotatable bonds is 4. The van der Waals surface area contributed by atoms with Gasteiger partial charge in [-0.2, -0.15) is 10.2 Å². The number of fused-ring (bicyclic) bond motifs is 1. The fourth-order valence-electron chi connectivity index (χ4n) is 3.83. The molecular formula is C20H16F2N6O. The van der Waals surface area contributed by atoms with Crippen LogP contribution in [0.2, 0.25) is 0 Å². The lowest BCUT2D eigenvalue weighted by Crippen LogP contribution is -2.24. The fraction of sp³-hybridized carbons (Fsp3) is 0.200. The van der Waals surface area contributed by atoms with Crippen LogP contribution in [-0.4, -0.2) is 37.2 Å². The Bertz CT molecular complexity index is 1220. The third-order valence-electron chi connectivity index (χ3n) is 5.19. The van der Waals surface area contributed by atoms with Crippen LogP contribution in [0, 0.1) is 11.6 Å². The van der Waals surface area contributed by atoms with E-state index >= 15 is 0 Å². The minimum absolute atomic E-state index is 0.293. The summed E-state index contributed by atoms with van der Waals surface area (Å²) < 4.78 is 31.2. The van der Waals surface area contributed by atoms with Gasteiger partial charge in [0, 0.05) is 24.5 Å². The zero-order valence-corrected chi connectivity index (χ0v) is 15.2. The number of hydrogen-bond donors (Lipinski definition) is 0. The number of hydrogen-bond acceptors (Lipinski definition) is 5. The van der Waals surface area contributed by atoms with E-state index in [9.17, 15) is 13.6 Å². The molecule has 0 spiro atoms. The molecule has 0 bridgehead atoms. The monoisotopic (exact) mass is 394 g/mol. The van der Waals surface area contributed by atoms with E-state index in [-0.39, 0.29) is 6.04 Å². The molecule has 7 nitrogen and oxygen atoms in total. The minimum Gasteiger partial charge on any atom is -0.349 e. The van der Waals surface area contributed by atoms with Gasteiger partial charge in [0.1, 0.15) is 23.1 Å². The highest BCUT2D eigenvalue weighted by molar-refractivity contribution is 5.74. The first kappa shape index (κ1) is 17.5. The second-order valence-electron chi connectivity index (χ2n) is 6.94. The Morgan fingerprint density at radius 2 is 2.03 bits per heavy atom. The summed E-state index contributed by atoms with van der Waals surface area (Å²) in [6.07, 6.45) is 8.71. The van der Waals surface area contributed by atoms with Crippen molar-refractivity contribution in [3.05, 3.63) is 71.8 Å². The average molecular weight is 394 g/mol. The molecule has 3 aromatic heterocycles. The van der Waals surface area contributed by atoms with Gasteiger partial charge in [-0.3, -0.25) is 4.79 Å². The van der Waals surface area contributed by atoms with Gasteiger partial charge in [0.05, 0.1) is 24.0 Å². The van der Waals surface area contributed by atoms with Gasteiger partial charge in [-0.05, 0) is 37.1 Å². The number of aldehydes is 1. The van der Waals surface area contributed by atoms with Gasteiger partial charge in [-0.1, -0.05) is 0 Å².